The Labute approximate surface area is 216 Å². The Kier molecular flexibility index (Phi) is 8.18. The van der Waals surface area contributed by atoms with Gasteiger partial charge in [-0.15, -0.1) is 0 Å². The molecule has 0 bridgehead atoms. The minimum absolute atomic E-state index is 0.000806. The first kappa shape index (κ1) is 26.0. The van der Waals surface area contributed by atoms with Crippen LogP contribution in [0.25, 0.3) is 5.69 Å². The van der Waals surface area contributed by atoms with Gasteiger partial charge in [-0.3, -0.25) is 19.1 Å². The first-order valence-corrected chi connectivity index (χ1v) is 12.1. The second kappa shape index (κ2) is 11.3. The van der Waals surface area contributed by atoms with Gasteiger partial charge in [-0.2, -0.15) is 0 Å². The van der Waals surface area contributed by atoms with Crippen LogP contribution < -0.4 is 5.56 Å². The Balaban J connectivity index is 1.71. The number of piperidine rings is 1. The average Bonchev–Trinajstić information content (AvgIpc) is 2.82. The van der Waals surface area contributed by atoms with Crippen LogP contribution in [0.3, 0.4) is 0 Å². The largest absolute Gasteiger partial charge is 0.392 e. The zero-order chi connectivity index (χ0) is 25.8. The van der Waals surface area contributed by atoms with E-state index in [1.165, 1.54) is 29.0 Å². The predicted octanol–water partition coefficient (Wildman–Crippen LogP) is 5.24. The van der Waals surface area contributed by atoms with Gasteiger partial charge in [-0.25, -0.2) is 8.78 Å². The highest BCUT2D eigenvalue weighted by atomic mass is 35.5. The van der Waals surface area contributed by atoms with Crippen LogP contribution in [0.15, 0.2) is 64.7 Å². The van der Waals surface area contributed by atoms with Gasteiger partial charge in [0.25, 0.3) is 5.56 Å². The van der Waals surface area contributed by atoms with Gasteiger partial charge in [-0.05, 0) is 50.1 Å². The lowest BCUT2D eigenvalue weighted by Gasteiger charge is -2.29. The van der Waals surface area contributed by atoms with Crippen molar-refractivity contribution < 1.29 is 18.4 Å². The second-order valence-electron chi connectivity index (χ2n) is 8.54. The van der Waals surface area contributed by atoms with E-state index in [9.17, 15) is 18.4 Å². The van der Waals surface area contributed by atoms with Crippen LogP contribution in [0.1, 0.15) is 30.9 Å². The van der Waals surface area contributed by atoms with Crippen LogP contribution in [-0.4, -0.2) is 46.7 Å². The molecule has 2 heterocycles. The van der Waals surface area contributed by atoms with Crippen molar-refractivity contribution >= 4 is 34.7 Å². The third-order valence-electron chi connectivity index (χ3n) is 5.82. The number of carbonyl (C=O) groups is 1. The Morgan fingerprint density at radius 3 is 2.42 bits per heavy atom. The summed E-state index contributed by atoms with van der Waals surface area (Å²) in [6.45, 7) is 3.26. The monoisotopic (exact) mass is 533 g/mol. The molecule has 2 aromatic carbocycles. The molecule has 0 N–H and O–H groups in total. The summed E-state index contributed by atoms with van der Waals surface area (Å²) in [7, 11) is 0. The molecule has 188 valence electrons. The van der Waals surface area contributed by atoms with Gasteiger partial charge in [0.1, 0.15) is 29.2 Å². The van der Waals surface area contributed by atoms with Crippen LogP contribution in [0.2, 0.25) is 10.0 Å². The molecule has 0 spiro atoms. The molecule has 1 aliphatic heterocycles. The van der Waals surface area contributed by atoms with Crippen molar-refractivity contribution in [1.29, 1.82) is 0 Å². The molecule has 36 heavy (non-hydrogen) atoms. The highest BCUT2D eigenvalue weighted by Crippen LogP contribution is 2.28. The van der Waals surface area contributed by atoms with Gasteiger partial charge in [0, 0.05) is 42.5 Å². The lowest BCUT2D eigenvalue weighted by molar-refractivity contribution is -0.118. The van der Waals surface area contributed by atoms with E-state index in [2.05, 4.69) is 5.16 Å². The van der Waals surface area contributed by atoms with Crippen LogP contribution in [0.5, 0.6) is 0 Å². The van der Waals surface area contributed by atoms with E-state index in [1.807, 2.05) is 4.90 Å². The van der Waals surface area contributed by atoms with Gasteiger partial charge in [0.2, 0.25) is 0 Å². The summed E-state index contributed by atoms with van der Waals surface area (Å²) >= 11 is 12.6. The van der Waals surface area contributed by atoms with E-state index in [0.717, 1.165) is 12.1 Å². The Morgan fingerprint density at radius 1 is 1.08 bits per heavy atom. The van der Waals surface area contributed by atoms with Gasteiger partial charge in [0.05, 0.1) is 22.3 Å². The first-order valence-electron chi connectivity index (χ1n) is 11.3. The maximum atomic E-state index is 14.8. The average molecular weight is 534 g/mol. The molecule has 1 fully saturated rings. The second-order valence-corrected chi connectivity index (χ2v) is 9.36. The van der Waals surface area contributed by atoms with Crippen molar-refractivity contribution in [3.05, 3.63) is 97.9 Å². The van der Waals surface area contributed by atoms with Crippen molar-refractivity contribution in [1.82, 2.24) is 9.47 Å². The third-order valence-corrected chi connectivity index (χ3v) is 6.43. The van der Waals surface area contributed by atoms with Crippen LogP contribution in [-0.2, 0) is 9.63 Å². The number of Topliss-reactive ketones (excluding diaryl/α,β-unsaturated/α-hetero) is 1. The first-order chi connectivity index (χ1) is 17.2. The summed E-state index contributed by atoms with van der Waals surface area (Å²) in [5, 5.41) is 4.76. The number of hydrogen-bond acceptors (Lipinski definition) is 5. The highest BCUT2D eigenvalue weighted by Gasteiger charge is 2.23. The summed E-state index contributed by atoms with van der Waals surface area (Å²) in [5.74, 6) is -1.47. The van der Waals surface area contributed by atoms with Crippen molar-refractivity contribution in [3.8, 4) is 5.69 Å². The number of pyridine rings is 1. The predicted molar refractivity (Wildman–Crippen MR) is 135 cm³/mol. The summed E-state index contributed by atoms with van der Waals surface area (Å²) in [6, 6.07) is 10.7. The van der Waals surface area contributed by atoms with Gasteiger partial charge < -0.3 is 4.84 Å². The minimum Gasteiger partial charge on any atom is -0.392 e. The third kappa shape index (κ3) is 6.00. The Morgan fingerprint density at radius 2 is 1.78 bits per heavy atom. The fourth-order valence-electron chi connectivity index (χ4n) is 4.07. The topological polar surface area (TPSA) is 63.9 Å². The number of nitrogens with zero attached hydrogens (tertiary/aromatic N) is 3. The number of carbonyl (C=O) groups excluding carboxylic acids is 1. The summed E-state index contributed by atoms with van der Waals surface area (Å²) < 4.78 is 29.7. The van der Waals surface area contributed by atoms with E-state index >= 15 is 0 Å². The van der Waals surface area contributed by atoms with E-state index in [1.54, 1.807) is 25.1 Å². The molecule has 1 saturated heterocycles. The normalized spacial score (nSPS) is 15.2. The maximum Gasteiger partial charge on any atom is 0.255 e. The number of aromatic nitrogens is 1. The zero-order valence-corrected chi connectivity index (χ0v) is 20.9. The van der Waals surface area contributed by atoms with Gasteiger partial charge in [-0.1, -0.05) is 34.4 Å². The highest BCUT2D eigenvalue weighted by molar-refractivity contribution is 6.37. The number of likely N-dealkylation sites (tertiary alicyclic amines) is 1. The van der Waals surface area contributed by atoms with Crippen LogP contribution >= 0.6 is 23.2 Å². The SMILES string of the molecule is CC(=O)CN1CCC(ON=C(c2ccc(=O)n(-c3c(Cl)cccc3Cl)c2)c2ccc(F)cc2F)CC1. The van der Waals surface area contributed by atoms with Crippen molar-refractivity contribution in [3.63, 3.8) is 0 Å². The van der Waals surface area contributed by atoms with E-state index < -0.39 is 17.2 Å². The molecule has 1 aliphatic rings. The molecule has 6 nitrogen and oxygen atoms in total. The summed E-state index contributed by atoms with van der Waals surface area (Å²) in [4.78, 5) is 31.9. The standard InChI is InChI=1S/C26H23Cl2F2N3O3/c1-16(34)14-32-11-9-19(10-12-32)36-31-25(20-7-6-18(29)13-23(20)30)17-5-8-24(35)33(15-17)26-21(27)3-2-4-22(26)28/h2-8,13,15,19H,9-12,14H2,1H3. The molecule has 0 radical (unpaired) electrons. The molecule has 0 unspecified atom stereocenters. The maximum absolute atomic E-state index is 14.8. The molecule has 1 aromatic heterocycles. The molecule has 3 aromatic rings. The lowest BCUT2D eigenvalue weighted by atomic mass is 10.0. The number of rotatable bonds is 7. The summed E-state index contributed by atoms with van der Waals surface area (Å²) in [6.07, 6.45) is 2.45. The molecule has 0 atom stereocenters. The number of hydrogen-bond donors (Lipinski definition) is 0. The molecule has 0 amide bonds. The number of para-hydroxylation sites is 1. The van der Waals surface area contributed by atoms with E-state index in [-0.39, 0.29) is 38.9 Å². The van der Waals surface area contributed by atoms with Crippen molar-refractivity contribution in [2.75, 3.05) is 19.6 Å². The quantitative estimate of drug-likeness (QED) is 0.307. The minimum atomic E-state index is -0.831. The fourth-order valence-corrected chi connectivity index (χ4v) is 4.65. The Bertz CT molecular complexity index is 1350. The summed E-state index contributed by atoms with van der Waals surface area (Å²) in [5.41, 5.74) is 0.276. The van der Waals surface area contributed by atoms with E-state index in [4.69, 9.17) is 28.0 Å². The number of halogens is 4. The smallest absolute Gasteiger partial charge is 0.255 e. The Hall–Kier alpha value is -3.07. The molecule has 0 aliphatic carbocycles. The molecule has 4 rings (SSSR count). The number of oxime groups is 1. The van der Waals surface area contributed by atoms with E-state index in [0.29, 0.717) is 38.0 Å². The van der Waals surface area contributed by atoms with Crippen LogP contribution in [0.4, 0.5) is 8.78 Å². The van der Waals surface area contributed by atoms with Crippen molar-refractivity contribution in [2.24, 2.45) is 5.16 Å². The number of ketones is 1. The fraction of sp³-hybridized carbons (Fsp3) is 0.269. The molecular formula is C26H23Cl2F2N3O3. The lowest BCUT2D eigenvalue weighted by Crippen LogP contribution is -2.39. The molecule has 0 saturated carbocycles. The molecule has 10 heteroatoms. The van der Waals surface area contributed by atoms with Crippen molar-refractivity contribution in [2.45, 2.75) is 25.9 Å². The zero-order valence-electron chi connectivity index (χ0n) is 19.4. The van der Waals surface area contributed by atoms with Crippen LogP contribution in [0, 0.1) is 11.6 Å². The number of benzene rings is 2. The van der Waals surface area contributed by atoms with Gasteiger partial charge in [0.15, 0.2) is 0 Å². The molecular weight excluding hydrogens is 511 g/mol. The van der Waals surface area contributed by atoms with Gasteiger partial charge >= 0.3 is 0 Å².